The van der Waals surface area contributed by atoms with Crippen molar-refractivity contribution in [2.24, 2.45) is 7.05 Å². The van der Waals surface area contributed by atoms with Gasteiger partial charge in [0.1, 0.15) is 23.7 Å². The van der Waals surface area contributed by atoms with E-state index < -0.39 is 10.7 Å². The number of anilines is 1. The molecule has 0 aliphatic heterocycles. The molecule has 0 saturated carbocycles. The van der Waals surface area contributed by atoms with Gasteiger partial charge in [-0.3, -0.25) is 10.1 Å². The fourth-order valence-electron chi connectivity index (χ4n) is 1.67. The summed E-state index contributed by atoms with van der Waals surface area (Å²) in [4.78, 5) is 10.4. The summed E-state index contributed by atoms with van der Waals surface area (Å²) < 4.78 is 15.5. The van der Waals surface area contributed by atoms with Crippen molar-refractivity contribution in [3.8, 4) is 0 Å². The molecule has 0 saturated heterocycles. The van der Waals surface area contributed by atoms with E-state index in [1.54, 1.807) is 33.5 Å². The summed E-state index contributed by atoms with van der Waals surface area (Å²) in [5, 5.41) is 21.4. The van der Waals surface area contributed by atoms with Crippen LogP contribution in [0.3, 0.4) is 0 Å². The SMILES string of the molecule is Cn1cnnc1CCNc1cc(F)c(I)cc1[N+](=O)[O-]. The van der Waals surface area contributed by atoms with Gasteiger partial charge in [0.15, 0.2) is 0 Å². The zero-order valence-electron chi connectivity index (χ0n) is 10.5. The van der Waals surface area contributed by atoms with Gasteiger partial charge in [0, 0.05) is 32.1 Å². The minimum Gasteiger partial charge on any atom is -0.379 e. The van der Waals surface area contributed by atoms with E-state index in [1.165, 1.54) is 6.07 Å². The molecule has 2 rings (SSSR count). The highest BCUT2D eigenvalue weighted by atomic mass is 127. The third kappa shape index (κ3) is 3.21. The molecule has 0 aliphatic rings. The second-order valence-electron chi connectivity index (χ2n) is 4.08. The quantitative estimate of drug-likeness (QED) is 0.480. The molecule has 2 aromatic rings. The predicted octanol–water partition coefficient (Wildman–Crippen LogP) is 2.12. The summed E-state index contributed by atoms with van der Waals surface area (Å²) >= 11 is 1.72. The van der Waals surface area contributed by atoms with Crippen LogP contribution >= 0.6 is 22.6 Å². The number of benzene rings is 1. The molecule has 0 unspecified atom stereocenters. The molecular formula is C11H11FIN5O2. The minimum absolute atomic E-state index is 0.145. The first-order valence-corrected chi connectivity index (χ1v) is 6.77. The summed E-state index contributed by atoms with van der Waals surface area (Å²) in [5.41, 5.74) is 0.0175. The van der Waals surface area contributed by atoms with Crippen molar-refractivity contribution in [3.05, 3.63) is 43.8 Å². The summed E-state index contributed by atoms with van der Waals surface area (Å²) in [6.45, 7) is 0.396. The lowest BCUT2D eigenvalue weighted by Gasteiger charge is -2.07. The molecular weight excluding hydrogens is 380 g/mol. The minimum atomic E-state index is -0.535. The molecule has 1 aromatic heterocycles. The average molecular weight is 391 g/mol. The Morgan fingerprint density at radius 3 is 2.90 bits per heavy atom. The summed E-state index contributed by atoms with van der Waals surface area (Å²) in [6.07, 6.45) is 2.10. The van der Waals surface area contributed by atoms with Gasteiger partial charge in [-0.05, 0) is 22.6 Å². The second kappa shape index (κ2) is 6.11. The zero-order chi connectivity index (χ0) is 14.7. The van der Waals surface area contributed by atoms with Gasteiger partial charge < -0.3 is 9.88 Å². The molecule has 1 aromatic carbocycles. The van der Waals surface area contributed by atoms with Crippen LogP contribution in [0.4, 0.5) is 15.8 Å². The zero-order valence-corrected chi connectivity index (χ0v) is 12.7. The highest BCUT2D eigenvalue weighted by Crippen LogP contribution is 2.28. The molecule has 106 valence electrons. The fraction of sp³-hybridized carbons (Fsp3) is 0.273. The number of aryl methyl sites for hydroxylation is 1. The van der Waals surface area contributed by atoms with Gasteiger partial charge >= 0.3 is 0 Å². The van der Waals surface area contributed by atoms with Crippen LogP contribution in [0.5, 0.6) is 0 Å². The van der Waals surface area contributed by atoms with E-state index in [1.807, 2.05) is 7.05 Å². The van der Waals surface area contributed by atoms with Crippen molar-refractivity contribution in [1.82, 2.24) is 14.8 Å². The van der Waals surface area contributed by atoms with Crippen molar-refractivity contribution in [3.63, 3.8) is 0 Å². The average Bonchev–Trinajstić information content (AvgIpc) is 2.79. The number of aromatic nitrogens is 3. The molecule has 9 heteroatoms. The molecule has 1 N–H and O–H groups in total. The summed E-state index contributed by atoms with van der Waals surface area (Å²) in [6, 6.07) is 2.34. The highest BCUT2D eigenvalue weighted by Gasteiger charge is 2.17. The summed E-state index contributed by atoms with van der Waals surface area (Å²) in [7, 11) is 1.81. The van der Waals surface area contributed by atoms with Crippen LogP contribution in [0.2, 0.25) is 0 Å². The number of nitro groups is 1. The Hall–Kier alpha value is -1.78. The number of nitro benzene ring substituents is 1. The Morgan fingerprint density at radius 2 is 2.30 bits per heavy atom. The summed E-state index contributed by atoms with van der Waals surface area (Å²) in [5.74, 6) is 0.253. The van der Waals surface area contributed by atoms with Crippen LogP contribution in [0, 0.1) is 19.5 Å². The van der Waals surface area contributed by atoms with Crippen LogP contribution in [0.15, 0.2) is 18.5 Å². The van der Waals surface area contributed by atoms with E-state index in [-0.39, 0.29) is 14.9 Å². The number of halogens is 2. The fourth-order valence-corrected chi connectivity index (χ4v) is 2.12. The van der Waals surface area contributed by atoms with Crippen molar-refractivity contribution in [2.75, 3.05) is 11.9 Å². The first kappa shape index (κ1) is 14.6. The van der Waals surface area contributed by atoms with E-state index in [2.05, 4.69) is 15.5 Å². The van der Waals surface area contributed by atoms with Crippen molar-refractivity contribution >= 4 is 34.0 Å². The standard InChI is InChI=1S/C11H11FIN5O2/c1-17-6-15-16-11(17)2-3-14-9-4-7(12)8(13)5-10(9)18(19)20/h4-6,14H,2-3H2,1H3. The topological polar surface area (TPSA) is 85.9 Å². The largest absolute Gasteiger partial charge is 0.379 e. The smallest absolute Gasteiger partial charge is 0.293 e. The molecule has 0 amide bonds. The van der Waals surface area contributed by atoms with Gasteiger partial charge in [-0.25, -0.2) is 4.39 Å². The van der Waals surface area contributed by atoms with Gasteiger partial charge in [-0.2, -0.15) is 0 Å². The Kier molecular flexibility index (Phi) is 4.47. The number of nitrogens with one attached hydrogen (secondary N) is 1. The van der Waals surface area contributed by atoms with Gasteiger partial charge in [0.25, 0.3) is 5.69 Å². The van der Waals surface area contributed by atoms with E-state index in [0.29, 0.717) is 13.0 Å². The Bertz CT molecular complexity index is 646. The van der Waals surface area contributed by atoms with Gasteiger partial charge in [0.2, 0.25) is 0 Å². The third-order valence-electron chi connectivity index (χ3n) is 2.70. The van der Waals surface area contributed by atoms with Gasteiger partial charge in [0.05, 0.1) is 8.49 Å². The molecule has 0 fully saturated rings. The van der Waals surface area contributed by atoms with Crippen molar-refractivity contribution < 1.29 is 9.31 Å². The van der Waals surface area contributed by atoms with Crippen LogP contribution in [0.25, 0.3) is 0 Å². The Morgan fingerprint density at radius 1 is 1.55 bits per heavy atom. The lowest BCUT2D eigenvalue weighted by molar-refractivity contribution is -0.384. The first-order valence-electron chi connectivity index (χ1n) is 5.69. The molecule has 7 nitrogen and oxygen atoms in total. The van der Waals surface area contributed by atoms with E-state index >= 15 is 0 Å². The lowest BCUT2D eigenvalue weighted by atomic mass is 10.2. The molecule has 20 heavy (non-hydrogen) atoms. The number of hydrogen-bond donors (Lipinski definition) is 1. The van der Waals surface area contributed by atoms with Crippen molar-refractivity contribution in [2.45, 2.75) is 6.42 Å². The van der Waals surface area contributed by atoms with Crippen LogP contribution in [0.1, 0.15) is 5.82 Å². The van der Waals surface area contributed by atoms with E-state index in [9.17, 15) is 14.5 Å². The maximum absolute atomic E-state index is 13.5. The number of rotatable bonds is 5. The number of nitrogens with zero attached hydrogens (tertiary/aromatic N) is 4. The molecule has 0 bridgehead atoms. The van der Waals surface area contributed by atoms with Gasteiger partial charge in [-0.15, -0.1) is 10.2 Å². The normalized spacial score (nSPS) is 10.6. The van der Waals surface area contributed by atoms with Crippen LogP contribution in [-0.4, -0.2) is 26.2 Å². The molecule has 0 atom stereocenters. The van der Waals surface area contributed by atoms with Crippen LogP contribution in [-0.2, 0) is 13.5 Å². The van der Waals surface area contributed by atoms with E-state index in [4.69, 9.17) is 0 Å². The highest BCUT2D eigenvalue weighted by molar-refractivity contribution is 14.1. The predicted molar refractivity (Wildman–Crippen MR) is 79.0 cm³/mol. The maximum Gasteiger partial charge on any atom is 0.293 e. The molecule has 0 radical (unpaired) electrons. The molecule has 0 aliphatic carbocycles. The Balaban J connectivity index is 2.11. The maximum atomic E-state index is 13.5. The van der Waals surface area contributed by atoms with Gasteiger partial charge in [-0.1, -0.05) is 0 Å². The monoisotopic (exact) mass is 391 g/mol. The second-order valence-corrected chi connectivity index (χ2v) is 5.24. The van der Waals surface area contributed by atoms with Crippen LogP contribution < -0.4 is 5.32 Å². The lowest BCUT2D eigenvalue weighted by Crippen LogP contribution is -2.10. The van der Waals surface area contributed by atoms with Crippen molar-refractivity contribution in [1.29, 1.82) is 0 Å². The third-order valence-corrected chi connectivity index (χ3v) is 3.53. The first-order chi connectivity index (χ1) is 9.49. The molecule has 0 spiro atoms. The van der Waals surface area contributed by atoms with E-state index in [0.717, 1.165) is 11.9 Å². The molecule has 1 heterocycles. The number of hydrogen-bond acceptors (Lipinski definition) is 5. The Labute approximate surface area is 127 Å².